The van der Waals surface area contributed by atoms with Crippen LogP contribution in [-0.4, -0.2) is 19.2 Å². The van der Waals surface area contributed by atoms with Crippen molar-refractivity contribution in [2.75, 3.05) is 0 Å². The molecule has 0 unspecified atom stereocenters. The molecule has 0 saturated carbocycles. The summed E-state index contributed by atoms with van der Waals surface area (Å²) in [7, 11) is 0. The zero-order chi connectivity index (χ0) is 17.0. The van der Waals surface area contributed by atoms with Crippen LogP contribution in [0.15, 0.2) is 84.9 Å². The van der Waals surface area contributed by atoms with Crippen LogP contribution >= 0.6 is 16.3 Å². The zero-order valence-electron chi connectivity index (χ0n) is 12.6. The van der Waals surface area contributed by atoms with Crippen molar-refractivity contribution < 1.29 is 4.79 Å². The fraction of sp³-hybridized carbons (Fsp3) is 0. The Morgan fingerprint density at radius 3 is 1.71 bits per heavy atom. The second kappa shape index (κ2) is 7.78. The standard InChI is InChI=1S/C19H14ClOPSSe/c20-16-13-11-15(12-14-16)19(21)24-22(23,17-7-3-1-4-8-17)18-9-5-2-6-10-18/h1-14H. The molecule has 0 aliphatic carbocycles. The van der Waals surface area contributed by atoms with Crippen LogP contribution in [0, 0.1) is 0 Å². The van der Waals surface area contributed by atoms with E-state index in [0.29, 0.717) is 10.6 Å². The van der Waals surface area contributed by atoms with E-state index in [0.717, 1.165) is 10.6 Å². The first-order valence-corrected chi connectivity index (χ1v) is 13.6. The fourth-order valence-corrected chi connectivity index (χ4v) is 11.4. The summed E-state index contributed by atoms with van der Waals surface area (Å²) in [5.41, 5.74) is 0.681. The molecule has 3 rings (SSSR count). The number of hydrogen-bond acceptors (Lipinski definition) is 2. The average Bonchev–Trinajstić information content (AvgIpc) is 2.63. The van der Waals surface area contributed by atoms with Gasteiger partial charge in [0.15, 0.2) is 0 Å². The van der Waals surface area contributed by atoms with Crippen LogP contribution in [0.2, 0.25) is 5.02 Å². The van der Waals surface area contributed by atoms with E-state index in [9.17, 15) is 4.79 Å². The summed E-state index contributed by atoms with van der Waals surface area (Å²) in [4.78, 5) is 12.9. The minimum absolute atomic E-state index is 0.121. The zero-order valence-corrected chi connectivity index (χ0v) is 16.8. The van der Waals surface area contributed by atoms with Crippen molar-refractivity contribution in [3.8, 4) is 0 Å². The van der Waals surface area contributed by atoms with Crippen LogP contribution in [0.3, 0.4) is 0 Å². The molecule has 0 N–H and O–H groups in total. The van der Waals surface area contributed by atoms with E-state index in [1.807, 2.05) is 60.7 Å². The Balaban J connectivity index is 2.02. The molecule has 24 heavy (non-hydrogen) atoms. The van der Waals surface area contributed by atoms with Gasteiger partial charge in [-0.3, -0.25) is 0 Å². The van der Waals surface area contributed by atoms with Crippen molar-refractivity contribution in [3.05, 3.63) is 95.5 Å². The van der Waals surface area contributed by atoms with Gasteiger partial charge in [0.25, 0.3) is 0 Å². The van der Waals surface area contributed by atoms with Crippen molar-refractivity contribution >= 4 is 57.9 Å². The molecule has 0 heterocycles. The van der Waals surface area contributed by atoms with Gasteiger partial charge in [0, 0.05) is 0 Å². The molecule has 0 saturated heterocycles. The molecule has 0 radical (unpaired) electrons. The summed E-state index contributed by atoms with van der Waals surface area (Å²) in [5, 5.41) is 2.81. The SMILES string of the molecule is O=C([Se]P(=S)(c1ccccc1)c1ccccc1)c1ccc(Cl)cc1. The average molecular weight is 436 g/mol. The quantitative estimate of drug-likeness (QED) is 0.441. The molecule has 0 aliphatic heterocycles. The van der Waals surface area contributed by atoms with E-state index in [1.54, 1.807) is 24.3 Å². The molecular formula is C19H14ClOPSSe. The third-order valence-corrected chi connectivity index (χ3v) is 14.4. The molecule has 0 aliphatic rings. The van der Waals surface area contributed by atoms with Gasteiger partial charge in [-0.25, -0.2) is 0 Å². The van der Waals surface area contributed by atoms with Gasteiger partial charge in [-0.15, -0.1) is 0 Å². The Bertz CT molecular complexity index is 839. The second-order valence-corrected chi connectivity index (χ2v) is 16.4. The summed E-state index contributed by atoms with van der Waals surface area (Å²) in [6, 6.07) is 27.1. The van der Waals surface area contributed by atoms with Crippen molar-refractivity contribution in [3.63, 3.8) is 0 Å². The van der Waals surface area contributed by atoms with Crippen LogP contribution < -0.4 is 10.6 Å². The van der Waals surface area contributed by atoms with E-state index in [4.69, 9.17) is 23.4 Å². The van der Waals surface area contributed by atoms with Crippen LogP contribution in [0.1, 0.15) is 10.4 Å². The van der Waals surface area contributed by atoms with Crippen molar-refractivity contribution in [2.24, 2.45) is 0 Å². The predicted molar refractivity (Wildman–Crippen MR) is 108 cm³/mol. The third-order valence-electron chi connectivity index (χ3n) is 3.48. The van der Waals surface area contributed by atoms with E-state index >= 15 is 0 Å². The van der Waals surface area contributed by atoms with E-state index in [2.05, 4.69) is 0 Å². The third kappa shape index (κ3) is 3.88. The number of benzene rings is 3. The number of hydrogen-bond donors (Lipinski definition) is 0. The van der Waals surface area contributed by atoms with Gasteiger partial charge in [0.05, 0.1) is 0 Å². The Kier molecular flexibility index (Phi) is 5.71. The molecule has 0 fully saturated rings. The van der Waals surface area contributed by atoms with Crippen LogP contribution in [0.25, 0.3) is 0 Å². The number of carbonyl (C=O) groups is 1. The van der Waals surface area contributed by atoms with E-state index in [1.165, 1.54) is 0 Å². The van der Waals surface area contributed by atoms with Gasteiger partial charge >= 0.3 is 158 Å². The number of halogens is 1. The summed E-state index contributed by atoms with van der Waals surface area (Å²) in [6.07, 6.45) is 0. The molecule has 0 bridgehead atoms. The van der Waals surface area contributed by atoms with Crippen LogP contribution in [0.4, 0.5) is 0 Å². The van der Waals surface area contributed by atoms with Gasteiger partial charge < -0.3 is 0 Å². The topological polar surface area (TPSA) is 17.1 Å². The normalized spacial score (nSPS) is 11.2. The molecular weight excluding hydrogens is 422 g/mol. The predicted octanol–water partition coefficient (Wildman–Crippen LogP) is 4.23. The van der Waals surface area contributed by atoms with E-state index < -0.39 is 4.73 Å². The van der Waals surface area contributed by atoms with Gasteiger partial charge in [-0.05, 0) is 0 Å². The van der Waals surface area contributed by atoms with Crippen LogP contribution in [0.5, 0.6) is 0 Å². The van der Waals surface area contributed by atoms with Gasteiger partial charge in [0.2, 0.25) is 0 Å². The van der Waals surface area contributed by atoms with Crippen molar-refractivity contribution in [1.82, 2.24) is 0 Å². The summed E-state index contributed by atoms with van der Waals surface area (Å²) in [5.74, 6) is 0. The number of rotatable bonds is 5. The minimum atomic E-state index is -2.14. The summed E-state index contributed by atoms with van der Waals surface area (Å²) < 4.78 is -2.02. The Morgan fingerprint density at radius 1 is 0.792 bits per heavy atom. The van der Waals surface area contributed by atoms with E-state index in [-0.39, 0.29) is 19.2 Å². The van der Waals surface area contributed by atoms with Crippen molar-refractivity contribution in [2.45, 2.75) is 0 Å². The Hall–Kier alpha value is -1.21. The molecule has 120 valence electrons. The Morgan fingerprint density at radius 2 is 1.25 bits per heavy atom. The maximum absolute atomic E-state index is 12.9. The molecule has 0 atom stereocenters. The van der Waals surface area contributed by atoms with Crippen molar-refractivity contribution in [1.29, 1.82) is 0 Å². The van der Waals surface area contributed by atoms with Gasteiger partial charge in [-0.1, -0.05) is 0 Å². The first-order valence-electron chi connectivity index (χ1n) is 7.30. The maximum atomic E-state index is 12.9. The monoisotopic (exact) mass is 436 g/mol. The first-order chi connectivity index (χ1) is 11.6. The summed E-state index contributed by atoms with van der Waals surface area (Å²) in [6.45, 7) is 0. The summed E-state index contributed by atoms with van der Waals surface area (Å²) >= 11 is 11.7. The van der Waals surface area contributed by atoms with Gasteiger partial charge in [0.1, 0.15) is 0 Å². The second-order valence-electron chi connectivity index (χ2n) is 5.11. The number of carbonyl (C=O) groups excluding carboxylic acids is 1. The molecule has 0 aromatic heterocycles. The first kappa shape index (κ1) is 17.6. The molecule has 1 nitrogen and oxygen atoms in total. The molecule has 0 amide bonds. The van der Waals surface area contributed by atoms with Crippen LogP contribution in [-0.2, 0) is 11.8 Å². The molecule has 3 aromatic rings. The Labute approximate surface area is 157 Å². The van der Waals surface area contributed by atoms with Gasteiger partial charge in [-0.2, -0.15) is 0 Å². The fourth-order valence-electron chi connectivity index (χ4n) is 2.26. The molecule has 0 spiro atoms. The molecule has 5 heteroatoms. The molecule has 3 aromatic carbocycles.